The lowest BCUT2D eigenvalue weighted by Crippen LogP contribution is -2.46. The van der Waals surface area contributed by atoms with Gasteiger partial charge in [-0.2, -0.15) is 0 Å². The number of rotatable bonds is 8. The van der Waals surface area contributed by atoms with Gasteiger partial charge in [0.25, 0.3) is 0 Å². The molecule has 0 aromatic heterocycles. The molecule has 0 bridgehead atoms. The molecular weight excluding hydrogens is 218 g/mol. The maximum atomic E-state index is 11.7. The van der Waals surface area contributed by atoms with Crippen molar-refractivity contribution < 1.29 is 10.0 Å². The van der Waals surface area contributed by atoms with E-state index in [0.29, 0.717) is 12.3 Å². The van der Waals surface area contributed by atoms with Crippen LogP contribution in [0.25, 0.3) is 0 Å². The lowest BCUT2D eigenvalue weighted by atomic mass is 10.1. The minimum Gasteiger partial charge on any atom is -0.409 e. The van der Waals surface area contributed by atoms with E-state index in [-0.39, 0.29) is 17.8 Å². The van der Waals surface area contributed by atoms with E-state index in [1.807, 2.05) is 0 Å². The number of nitrogens with zero attached hydrogens (tertiary/aromatic N) is 1. The normalized spacial score (nSPS) is 17.8. The quantitative estimate of drug-likeness (QED) is 0.198. The molecule has 0 saturated heterocycles. The van der Waals surface area contributed by atoms with Crippen LogP contribution < -0.4 is 11.1 Å². The highest BCUT2D eigenvalue weighted by Crippen LogP contribution is 2.32. The number of carbonyl (C=O) groups excluding carboxylic acids is 1. The third-order valence-corrected chi connectivity index (χ3v) is 3.10. The zero-order chi connectivity index (χ0) is 12.7. The molecule has 1 fully saturated rings. The Morgan fingerprint density at radius 3 is 2.71 bits per heavy atom. The van der Waals surface area contributed by atoms with Crippen LogP contribution in [-0.4, -0.2) is 23.0 Å². The van der Waals surface area contributed by atoms with E-state index < -0.39 is 0 Å². The van der Waals surface area contributed by atoms with Crippen LogP contribution in [0.4, 0.5) is 0 Å². The van der Waals surface area contributed by atoms with Gasteiger partial charge in [-0.05, 0) is 25.2 Å². The minimum atomic E-state index is -0.279. The average molecular weight is 241 g/mol. The molecule has 5 heteroatoms. The number of unbranched alkanes of at least 4 members (excludes halogenated alkanes) is 3. The Kier molecular flexibility index (Phi) is 5.80. The van der Waals surface area contributed by atoms with E-state index in [1.54, 1.807) is 0 Å². The molecule has 0 aromatic rings. The fourth-order valence-corrected chi connectivity index (χ4v) is 1.88. The SMILES string of the molecule is CCCCCCC(=O)NC(C(N)=NO)C1CC1. The van der Waals surface area contributed by atoms with Crippen LogP contribution in [0.3, 0.4) is 0 Å². The molecule has 5 nitrogen and oxygen atoms in total. The molecule has 0 spiro atoms. The lowest BCUT2D eigenvalue weighted by Gasteiger charge is -2.16. The maximum Gasteiger partial charge on any atom is 0.220 e. The van der Waals surface area contributed by atoms with Gasteiger partial charge < -0.3 is 16.3 Å². The van der Waals surface area contributed by atoms with E-state index >= 15 is 0 Å². The number of hydrogen-bond donors (Lipinski definition) is 3. The minimum absolute atomic E-state index is 0.00426. The summed E-state index contributed by atoms with van der Waals surface area (Å²) < 4.78 is 0. The van der Waals surface area contributed by atoms with Gasteiger partial charge in [-0.15, -0.1) is 0 Å². The first-order chi connectivity index (χ1) is 8.19. The van der Waals surface area contributed by atoms with Crippen molar-refractivity contribution in [3.63, 3.8) is 0 Å². The molecule has 17 heavy (non-hydrogen) atoms. The Balaban J connectivity index is 2.27. The topological polar surface area (TPSA) is 87.7 Å². The van der Waals surface area contributed by atoms with E-state index in [9.17, 15) is 4.79 Å². The second-order valence-corrected chi connectivity index (χ2v) is 4.72. The van der Waals surface area contributed by atoms with Crippen molar-refractivity contribution in [1.82, 2.24) is 5.32 Å². The van der Waals surface area contributed by atoms with Crippen LogP contribution in [-0.2, 0) is 4.79 Å². The van der Waals surface area contributed by atoms with Crippen molar-refractivity contribution in [3.05, 3.63) is 0 Å². The predicted octanol–water partition coefficient (Wildman–Crippen LogP) is 1.60. The Bertz CT molecular complexity index is 275. The van der Waals surface area contributed by atoms with Gasteiger partial charge >= 0.3 is 0 Å². The summed E-state index contributed by atoms with van der Waals surface area (Å²) in [5, 5.41) is 14.5. The van der Waals surface area contributed by atoms with Gasteiger partial charge in [0.1, 0.15) is 0 Å². The molecule has 98 valence electrons. The smallest absolute Gasteiger partial charge is 0.220 e. The van der Waals surface area contributed by atoms with E-state index in [2.05, 4.69) is 17.4 Å². The van der Waals surface area contributed by atoms with Crippen LogP contribution in [0.5, 0.6) is 0 Å². The molecule has 0 radical (unpaired) electrons. The molecule has 0 aliphatic heterocycles. The third-order valence-electron chi connectivity index (χ3n) is 3.10. The highest BCUT2D eigenvalue weighted by atomic mass is 16.4. The largest absolute Gasteiger partial charge is 0.409 e. The van der Waals surface area contributed by atoms with Crippen LogP contribution in [0.2, 0.25) is 0 Å². The Labute approximate surface area is 102 Å². The fourth-order valence-electron chi connectivity index (χ4n) is 1.88. The Hall–Kier alpha value is -1.26. The first-order valence-corrected chi connectivity index (χ1v) is 6.45. The van der Waals surface area contributed by atoms with E-state index in [4.69, 9.17) is 10.9 Å². The number of nitrogens with two attached hydrogens (primary N) is 1. The number of carbonyl (C=O) groups is 1. The van der Waals surface area contributed by atoms with Crippen molar-refractivity contribution in [3.8, 4) is 0 Å². The number of nitrogens with one attached hydrogen (secondary N) is 1. The van der Waals surface area contributed by atoms with Crippen molar-refractivity contribution >= 4 is 11.7 Å². The third kappa shape index (κ3) is 5.06. The van der Waals surface area contributed by atoms with Crippen molar-refractivity contribution in [1.29, 1.82) is 0 Å². The van der Waals surface area contributed by atoms with Crippen LogP contribution in [0, 0.1) is 5.92 Å². The monoisotopic (exact) mass is 241 g/mol. The lowest BCUT2D eigenvalue weighted by molar-refractivity contribution is -0.121. The molecule has 1 saturated carbocycles. The van der Waals surface area contributed by atoms with Gasteiger partial charge in [0.15, 0.2) is 5.84 Å². The summed E-state index contributed by atoms with van der Waals surface area (Å²) in [4.78, 5) is 11.7. The summed E-state index contributed by atoms with van der Waals surface area (Å²) >= 11 is 0. The zero-order valence-electron chi connectivity index (χ0n) is 10.5. The summed E-state index contributed by atoms with van der Waals surface area (Å²) in [5.41, 5.74) is 5.57. The molecule has 1 aliphatic carbocycles. The van der Waals surface area contributed by atoms with Gasteiger partial charge in [-0.1, -0.05) is 31.3 Å². The zero-order valence-corrected chi connectivity index (χ0v) is 10.5. The summed E-state index contributed by atoms with van der Waals surface area (Å²) in [6.07, 6.45) is 6.93. The van der Waals surface area contributed by atoms with Gasteiger partial charge in [-0.25, -0.2) is 0 Å². The summed E-state index contributed by atoms with van der Waals surface area (Å²) in [6.45, 7) is 2.14. The molecule has 0 aromatic carbocycles. The molecule has 1 rings (SSSR count). The number of hydrogen-bond acceptors (Lipinski definition) is 3. The van der Waals surface area contributed by atoms with Gasteiger partial charge in [0, 0.05) is 6.42 Å². The first kappa shape index (κ1) is 13.8. The molecule has 1 aliphatic rings. The molecule has 1 amide bonds. The second kappa shape index (κ2) is 7.14. The van der Waals surface area contributed by atoms with Crippen molar-refractivity contribution in [2.75, 3.05) is 0 Å². The van der Waals surface area contributed by atoms with E-state index in [0.717, 1.165) is 32.1 Å². The van der Waals surface area contributed by atoms with Crippen LogP contribution in [0.15, 0.2) is 5.16 Å². The fraction of sp³-hybridized carbons (Fsp3) is 0.833. The number of amides is 1. The van der Waals surface area contributed by atoms with Crippen molar-refractivity contribution in [2.45, 2.75) is 57.9 Å². The Morgan fingerprint density at radius 1 is 1.47 bits per heavy atom. The van der Waals surface area contributed by atoms with Gasteiger partial charge in [0.05, 0.1) is 6.04 Å². The number of amidine groups is 1. The highest BCUT2D eigenvalue weighted by molar-refractivity contribution is 5.90. The molecule has 0 heterocycles. The van der Waals surface area contributed by atoms with Gasteiger partial charge in [0.2, 0.25) is 5.91 Å². The van der Waals surface area contributed by atoms with Crippen molar-refractivity contribution in [2.24, 2.45) is 16.8 Å². The highest BCUT2D eigenvalue weighted by Gasteiger charge is 2.35. The Morgan fingerprint density at radius 2 is 2.18 bits per heavy atom. The summed E-state index contributed by atoms with van der Waals surface area (Å²) in [5.74, 6) is 0.476. The van der Waals surface area contributed by atoms with Gasteiger partial charge in [-0.3, -0.25) is 4.79 Å². The summed E-state index contributed by atoms with van der Waals surface area (Å²) in [7, 11) is 0. The molecular formula is C12H23N3O2. The molecule has 4 N–H and O–H groups in total. The first-order valence-electron chi connectivity index (χ1n) is 6.45. The second-order valence-electron chi connectivity index (χ2n) is 4.72. The average Bonchev–Trinajstić information content (AvgIpc) is 3.15. The standard InChI is InChI=1S/C12H23N3O2/c1-2-3-4-5-6-10(16)14-11(9-7-8-9)12(13)15-17/h9,11,17H,2-8H2,1H3,(H2,13,15)(H,14,16). The van der Waals surface area contributed by atoms with E-state index in [1.165, 1.54) is 6.42 Å². The molecule has 1 unspecified atom stereocenters. The predicted molar refractivity (Wildman–Crippen MR) is 66.8 cm³/mol. The molecule has 1 atom stereocenters. The van der Waals surface area contributed by atoms with Crippen LogP contribution in [0.1, 0.15) is 51.9 Å². The van der Waals surface area contributed by atoms with Crippen LogP contribution >= 0.6 is 0 Å². The maximum absolute atomic E-state index is 11.7. The number of oxime groups is 1. The summed E-state index contributed by atoms with van der Waals surface area (Å²) in [6, 6.07) is -0.279.